The third kappa shape index (κ3) is 2.14. The Balaban J connectivity index is 1.92. The van der Waals surface area contributed by atoms with Crippen molar-refractivity contribution >= 4 is 22.6 Å². The summed E-state index contributed by atoms with van der Waals surface area (Å²) in [5, 5.41) is 6.07. The largest absolute Gasteiger partial charge is 0.235 e. The summed E-state index contributed by atoms with van der Waals surface area (Å²) in [5.41, 5.74) is 3.60. The SMILES string of the molecule is Clc1ccc(-c2ncnc3c2cnn3-c2ccccc2)cc1. The first-order chi connectivity index (χ1) is 10.8. The van der Waals surface area contributed by atoms with Crippen molar-refractivity contribution in [3.63, 3.8) is 0 Å². The summed E-state index contributed by atoms with van der Waals surface area (Å²) in [6.45, 7) is 0. The van der Waals surface area contributed by atoms with Gasteiger partial charge in [0.2, 0.25) is 0 Å². The summed E-state index contributed by atoms with van der Waals surface area (Å²) in [6, 6.07) is 17.5. The van der Waals surface area contributed by atoms with Gasteiger partial charge in [0.1, 0.15) is 6.33 Å². The number of hydrogen-bond acceptors (Lipinski definition) is 3. The maximum absolute atomic E-state index is 5.95. The molecule has 2 aromatic carbocycles. The number of hydrogen-bond donors (Lipinski definition) is 0. The summed E-state index contributed by atoms with van der Waals surface area (Å²) < 4.78 is 1.82. The zero-order valence-electron chi connectivity index (χ0n) is 11.5. The van der Waals surface area contributed by atoms with Crippen molar-refractivity contribution in [2.75, 3.05) is 0 Å². The van der Waals surface area contributed by atoms with Gasteiger partial charge in [0.05, 0.1) is 23.0 Å². The van der Waals surface area contributed by atoms with Gasteiger partial charge in [-0.1, -0.05) is 41.9 Å². The van der Waals surface area contributed by atoms with Crippen LogP contribution >= 0.6 is 11.6 Å². The average molecular weight is 307 g/mol. The highest BCUT2D eigenvalue weighted by Crippen LogP contribution is 2.27. The van der Waals surface area contributed by atoms with Crippen LogP contribution in [0.15, 0.2) is 67.1 Å². The molecule has 0 atom stereocenters. The standard InChI is InChI=1S/C17H11ClN4/c18-13-8-6-12(7-9-13)16-15-10-21-22(17(15)20-11-19-16)14-4-2-1-3-5-14/h1-11H. The normalized spacial score (nSPS) is 11.0. The average Bonchev–Trinajstić information content (AvgIpc) is 3.00. The number of para-hydroxylation sites is 1. The molecule has 0 fully saturated rings. The van der Waals surface area contributed by atoms with Crippen LogP contribution in [0.1, 0.15) is 0 Å². The number of aromatic nitrogens is 4. The van der Waals surface area contributed by atoms with Gasteiger partial charge >= 0.3 is 0 Å². The summed E-state index contributed by atoms with van der Waals surface area (Å²) in [4.78, 5) is 8.79. The first-order valence-electron chi connectivity index (χ1n) is 6.83. The molecule has 22 heavy (non-hydrogen) atoms. The minimum Gasteiger partial charge on any atom is -0.235 e. The Kier molecular flexibility index (Phi) is 3.09. The molecule has 0 radical (unpaired) electrons. The van der Waals surface area contributed by atoms with Crippen LogP contribution in [-0.2, 0) is 0 Å². The summed E-state index contributed by atoms with van der Waals surface area (Å²) >= 11 is 5.95. The Bertz CT molecular complexity index is 930. The first-order valence-corrected chi connectivity index (χ1v) is 7.21. The highest BCUT2D eigenvalue weighted by molar-refractivity contribution is 6.30. The highest BCUT2D eigenvalue weighted by Gasteiger charge is 2.12. The zero-order chi connectivity index (χ0) is 14.9. The maximum Gasteiger partial charge on any atom is 0.166 e. The molecule has 0 bridgehead atoms. The topological polar surface area (TPSA) is 43.6 Å². The lowest BCUT2D eigenvalue weighted by Crippen LogP contribution is -1.97. The molecule has 106 valence electrons. The van der Waals surface area contributed by atoms with E-state index < -0.39 is 0 Å². The Morgan fingerprint density at radius 1 is 0.864 bits per heavy atom. The van der Waals surface area contributed by atoms with E-state index in [4.69, 9.17) is 11.6 Å². The van der Waals surface area contributed by atoms with Crippen LogP contribution in [0, 0.1) is 0 Å². The Hall–Kier alpha value is -2.72. The first kappa shape index (κ1) is 13.0. The second-order valence-electron chi connectivity index (χ2n) is 4.86. The molecule has 0 saturated carbocycles. The van der Waals surface area contributed by atoms with E-state index in [-0.39, 0.29) is 0 Å². The van der Waals surface area contributed by atoms with Crippen molar-refractivity contribution in [2.45, 2.75) is 0 Å². The predicted octanol–water partition coefficient (Wildman–Crippen LogP) is 4.14. The van der Waals surface area contributed by atoms with E-state index in [1.54, 1.807) is 12.5 Å². The number of rotatable bonds is 2. The van der Waals surface area contributed by atoms with Gasteiger partial charge in [-0.05, 0) is 24.3 Å². The third-order valence-corrected chi connectivity index (χ3v) is 3.74. The van der Waals surface area contributed by atoms with E-state index >= 15 is 0 Å². The molecule has 0 spiro atoms. The second kappa shape index (κ2) is 5.24. The van der Waals surface area contributed by atoms with E-state index in [2.05, 4.69) is 15.1 Å². The molecule has 4 aromatic rings. The molecule has 2 aromatic heterocycles. The van der Waals surface area contributed by atoms with E-state index in [0.29, 0.717) is 5.02 Å². The van der Waals surface area contributed by atoms with Gasteiger partial charge in [0.15, 0.2) is 5.65 Å². The zero-order valence-corrected chi connectivity index (χ0v) is 12.3. The van der Waals surface area contributed by atoms with E-state index in [9.17, 15) is 0 Å². The highest BCUT2D eigenvalue weighted by atomic mass is 35.5. The van der Waals surface area contributed by atoms with Gasteiger partial charge in [-0.3, -0.25) is 0 Å². The molecule has 0 aliphatic carbocycles. The summed E-state index contributed by atoms with van der Waals surface area (Å²) in [7, 11) is 0. The Morgan fingerprint density at radius 3 is 2.41 bits per heavy atom. The van der Waals surface area contributed by atoms with Crippen molar-refractivity contribution < 1.29 is 0 Å². The third-order valence-electron chi connectivity index (χ3n) is 3.48. The Labute approximate surface area is 132 Å². The molecule has 0 unspecified atom stereocenters. The fourth-order valence-corrected chi connectivity index (χ4v) is 2.57. The second-order valence-corrected chi connectivity index (χ2v) is 5.29. The lowest BCUT2D eigenvalue weighted by Gasteiger charge is -2.04. The fourth-order valence-electron chi connectivity index (χ4n) is 2.44. The molecular weight excluding hydrogens is 296 g/mol. The van der Waals surface area contributed by atoms with Crippen LogP contribution in [-0.4, -0.2) is 19.7 Å². The van der Waals surface area contributed by atoms with Gasteiger partial charge in [0, 0.05) is 10.6 Å². The molecule has 5 heteroatoms. The number of benzene rings is 2. The molecule has 4 rings (SSSR count). The van der Waals surface area contributed by atoms with Gasteiger partial charge < -0.3 is 0 Å². The van der Waals surface area contributed by atoms with Crippen molar-refractivity contribution in [1.29, 1.82) is 0 Å². The monoisotopic (exact) mass is 306 g/mol. The van der Waals surface area contributed by atoms with Gasteiger partial charge in [-0.15, -0.1) is 0 Å². The van der Waals surface area contributed by atoms with Crippen LogP contribution in [0.2, 0.25) is 5.02 Å². The Morgan fingerprint density at radius 2 is 1.64 bits per heavy atom. The van der Waals surface area contributed by atoms with Crippen LogP contribution in [0.3, 0.4) is 0 Å². The maximum atomic E-state index is 5.95. The fraction of sp³-hybridized carbons (Fsp3) is 0. The van der Waals surface area contributed by atoms with Crippen molar-refractivity contribution in [2.24, 2.45) is 0 Å². The molecule has 2 heterocycles. The molecule has 0 saturated heterocycles. The smallest absolute Gasteiger partial charge is 0.166 e. The number of nitrogens with zero attached hydrogens (tertiary/aromatic N) is 4. The van der Waals surface area contributed by atoms with E-state index in [1.807, 2.05) is 59.3 Å². The van der Waals surface area contributed by atoms with Gasteiger partial charge in [-0.2, -0.15) is 5.10 Å². The molecule has 0 N–H and O–H groups in total. The minimum atomic E-state index is 0.703. The lowest BCUT2D eigenvalue weighted by atomic mass is 10.1. The van der Waals surface area contributed by atoms with Crippen molar-refractivity contribution in [1.82, 2.24) is 19.7 Å². The van der Waals surface area contributed by atoms with Crippen LogP contribution in [0.5, 0.6) is 0 Å². The van der Waals surface area contributed by atoms with Gasteiger partial charge in [-0.25, -0.2) is 14.6 Å². The van der Waals surface area contributed by atoms with E-state index in [0.717, 1.165) is 28.0 Å². The van der Waals surface area contributed by atoms with Crippen LogP contribution < -0.4 is 0 Å². The molecule has 0 amide bonds. The van der Waals surface area contributed by atoms with Crippen molar-refractivity contribution in [3.05, 3.63) is 72.1 Å². The van der Waals surface area contributed by atoms with Gasteiger partial charge in [0.25, 0.3) is 0 Å². The molecule has 0 aliphatic heterocycles. The van der Waals surface area contributed by atoms with Crippen LogP contribution in [0.25, 0.3) is 28.0 Å². The lowest BCUT2D eigenvalue weighted by molar-refractivity contribution is 0.895. The summed E-state index contributed by atoms with van der Waals surface area (Å²) in [5.74, 6) is 0. The number of halogens is 1. The van der Waals surface area contributed by atoms with Crippen LogP contribution in [0.4, 0.5) is 0 Å². The molecule has 0 aliphatic rings. The quantitative estimate of drug-likeness (QED) is 0.559. The molecule has 4 nitrogen and oxygen atoms in total. The summed E-state index contributed by atoms with van der Waals surface area (Å²) in [6.07, 6.45) is 3.36. The molecular formula is C17H11ClN4. The van der Waals surface area contributed by atoms with Crippen molar-refractivity contribution in [3.8, 4) is 16.9 Å². The minimum absolute atomic E-state index is 0.703. The predicted molar refractivity (Wildman–Crippen MR) is 87.1 cm³/mol. The number of fused-ring (bicyclic) bond motifs is 1. The van der Waals surface area contributed by atoms with E-state index in [1.165, 1.54) is 0 Å².